The van der Waals surface area contributed by atoms with Crippen LogP contribution in [-0.4, -0.2) is 59.3 Å². The molecule has 0 saturated carbocycles. The van der Waals surface area contributed by atoms with Crippen LogP contribution in [-0.2, 0) is 17.8 Å². The molecule has 2 aromatic rings. The van der Waals surface area contributed by atoms with E-state index in [9.17, 15) is 4.79 Å². The molecule has 1 spiro atoms. The highest BCUT2D eigenvalue weighted by molar-refractivity contribution is 5.88. The third-order valence-corrected chi connectivity index (χ3v) is 6.23. The zero-order valence-corrected chi connectivity index (χ0v) is 16.7. The molecule has 6 heteroatoms. The summed E-state index contributed by atoms with van der Waals surface area (Å²) < 4.78 is 4.87. The molecule has 0 radical (unpaired) electrons. The van der Waals surface area contributed by atoms with Crippen LogP contribution in [0, 0.1) is 5.41 Å². The Morgan fingerprint density at radius 1 is 1.11 bits per heavy atom. The largest absolute Gasteiger partial charge is 0.464 e. The quantitative estimate of drug-likeness (QED) is 0.806. The molecule has 1 N–H and O–H groups in total. The summed E-state index contributed by atoms with van der Waals surface area (Å²) in [4.78, 5) is 17.0. The average molecular weight is 383 g/mol. The van der Waals surface area contributed by atoms with E-state index in [1.165, 1.54) is 44.9 Å². The summed E-state index contributed by atoms with van der Waals surface area (Å²) in [7, 11) is 1.41. The predicted octanol–water partition coefficient (Wildman–Crippen LogP) is 3.07. The summed E-state index contributed by atoms with van der Waals surface area (Å²) in [6.07, 6.45) is 6.83. The van der Waals surface area contributed by atoms with Gasteiger partial charge in [-0.1, -0.05) is 30.3 Å². The molecule has 0 amide bonds. The van der Waals surface area contributed by atoms with Crippen molar-refractivity contribution in [2.75, 3.05) is 33.3 Å². The Bertz CT molecular complexity index is 787. The van der Waals surface area contributed by atoms with Gasteiger partial charge >= 0.3 is 5.97 Å². The van der Waals surface area contributed by atoms with Crippen LogP contribution in [0.25, 0.3) is 0 Å². The van der Waals surface area contributed by atoms with Gasteiger partial charge in [-0.05, 0) is 49.8 Å². The number of hydrogen-bond acceptors (Lipinski definition) is 5. The lowest BCUT2D eigenvalue weighted by molar-refractivity contribution is 0.00761. The molecule has 0 bridgehead atoms. The Morgan fingerprint density at radius 3 is 2.46 bits per heavy atom. The van der Waals surface area contributed by atoms with E-state index < -0.39 is 0 Å². The number of benzene rings is 1. The molecule has 1 aromatic heterocycles. The first-order valence-corrected chi connectivity index (χ1v) is 10.3. The fourth-order valence-electron chi connectivity index (χ4n) is 5.02. The van der Waals surface area contributed by atoms with Crippen molar-refractivity contribution in [3.8, 4) is 0 Å². The van der Waals surface area contributed by atoms with Gasteiger partial charge in [0.2, 0.25) is 0 Å². The van der Waals surface area contributed by atoms with Gasteiger partial charge in [-0.25, -0.2) is 4.79 Å². The molecule has 4 rings (SSSR count). The van der Waals surface area contributed by atoms with Crippen LogP contribution in [0.4, 0.5) is 0 Å². The Labute approximate surface area is 166 Å². The minimum atomic E-state index is -0.342. The number of likely N-dealkylation sites (tertiary alicyclic amines) is 2. The smallest absolute Gasteiger partial charge is 0.356 e. The second kappa shape index (κ2) is 8.45. The van der Waals surface area contributed by atoms with Gasteiger partial charge in [0, 0.05) is 31.7 Å². The average Bonchev–Trinajstić information content (AvgIpc) is 3.16. The van der Waals surface area contributed by atoms with E-state index in [-0.39, 0.29) is 5.97 Å². The molecule has 2 fully saturated rings. The van der Waals surface area contributed by atoms with Crippen molar-refractivity contribution in [3.05, 3.63) is 53.3 Å². The van der Waals surface area contributed by atoms with Crippen LogP contribution in [0.3, 0.4) is 0 Å². The molecule has 2 aliphatic rings. The van der Waals surface area contributed by atoms with Gasteiger partial charge < -0.3 is 4.74 Å². The number of nitrogens with one attached hydrogen (secondary N) is 1. The maximum absolute atomic E-state index is 11.9. The first kappa shape index (κ1) is 19.2. The number of carbonyl (C=O) groups is 1. The zero-order chi connectivity index (χ0) is 19.4. The molecule has 1 aromatic carbocycles. The van der Waals surface area contributed by atoms with Crippen molar-refractivity contribution in [3.63, 3.8) is 0 Å². The molecular weight excluding hydrogens is 352 g/mol. The number of H-pyrrole nitrogens is 1. The summed E-state index contributed by atoms with van der Waals surface area (Å²) in [5.41, 5.74) is 3.17. The number of piperidine rings is 2. The van der Waals surface area contributed by atoms with Crippen LogP contribution in [0.5, 0.6) is 0 Å². The number of ether oxygens (including phenoxy) is 1. The number of aromatic amines is 1. The van der Waals surface area contributed by atoms with E-state index in [0.29, 0.717) is 11.1 Å². The molecule has 0 aliphatic carbocycles. The molecule has 2 saturated heterocycles. The van der Waals surface area contributed by atoms with Gasteiger partial charge in [-0.15, -0.1) is 0 Å². The van der Waals surface area contributed by atoms with Crippen molar-refractivity contribution in [1.82, 2.24) is 20.0 Å². The monoisotopic (exact) mass is 382 g/mol. The highest BCUT2D eigenvalue weighted by Gasteiger charge is 2.39. The topological polar surface area (TPSA) is 61.5 Å². The minimum Gasteiger partial charge on any atom is -0.464 e. The van der Waals surface area contributed by atoms with E-state index in [1.807, 2.05) is 0 Å². The third-order valence-electron chi connectivity index (χ3n) is 6.23. The number of esters is 1. The normalized spacial score (nSPS) is 23.8. The molecule has 6 nitrogen and oxygen atoms in total. The van der Waals surface area contributed by atoms with E-state index in [4.69, 9.17) is 4.74 Å². The van der Waals surface area contributed by atoms with E-state index >= 15 is 0 Å². The second-order valence-electron chi connectivity index (χ2n) is 8.38. The first-order chi connectivity index (χ1) is 13.7. The Hall–Kier alpha value is -2.18. The van der Waals surface area contributed by atoms with Crippen LogP contribution < -0.4 is 0 Å². The van der Waals surface area contributed by atoms with Crippen molar-refractivity contribution in [1.29, 1.82) is 0 Å². The van der Waals surface area contributed by atoms with Crippen molar-refractivity contribution in [2.24, 2.45) is 5.41 Å². The predicted molar refractivity (Wildman–Crippen MR) is 108 cm³/mol. The van der Waals surface area contributed by atoms with E-state index in [2.05, 4.69) is 50.3 Å². The standard InChI is InChI=1S/C22H30N4O2/c1-28-21(27)20-19(13-23-24-20)15-26-12-6-10-22(17-26)9-5-11-25(16-22)14-18-7-3-2-4-8-18/h2-4,7-8,13H,5-6,9-12,14-17H2,1H3,(H,23,24)/t22-/m0/s1. The van der Waals surface area contributed by atoms with E-state index in [1.54, 1.807) is 6.20 Å². The highest BCUT2D eigenvalue weighted by Crippen LogP contribution is 2.39. The number of aromatic nitrogens is 2. The molecule has 150 valence electrons. The molecule has 28 heavy (non-hydrogen) atoms. The second-order valence-corrected chi connectivity index (χ2v) is 8.38. The summed E-state index contributed by atoms with van der Waals surface area (Å²) in [6, 6.07) is 10.8. The molecule has 2 aliphatic heterocycles. The highest BCUT2D eigenvalue weighted by atomic mass is 16.5. The number of carbonyl (C=O) groups excluding carboxylic acids is 1. The van der Waals surface area contributed by atoms with Crippen LogP contribution in [0.1, 0.15) is 47.3 Å². The van der Waals surface area contributed by atoms with E-state index in [0.717, 1.165) is 38.3 Å². The lowest BCUT2D eigenvalue weighted by atomic mass is 9.73. The van der Waals surface area contributed by atoms with Crippen molar-refractivity contribution >= 4 is 5.97 Å². The summed E-state index contributed by atoms with van der Waals surface area (Å²) >= 11 is 0. The number of rotatable bonds is 5. The Kier molecular flexibility index (Phi) is 5.78. The van der Waals surface area contributed by atoms with Gasteiger partial charge in [0.1, 0.15) is 5.69 Å². The Balaban J connectivity index is 1.41. The minimum absolute atomic E-state index is 0.342. The Morgan fingerprint density at radius 2 is 1.79 bits per heavy atom. The number of nitrogens with zero attached hydrogens (tertiary/aromatic N) is 3. The summed E-state index contributed by atoms with van der Waals surface area (Å²) in [5.74, 6) is -0.342. The molecule has 3 heterocycles. The molecule has 0 unspecified atom stereocenters. The first-order valence-electron chi connectivity index (χ1n) is 10.3. The number of hydrogen-bond donors (Lipinski definition) is 1. The maximum atomic E-state index is 11.9. The van der Waals surface area contributed by atoms with Crippen LogP contribution in [0.2, 0.25) is 0 Å². The van der Waals surface area contributed by atoms with Gasteiger partial charge in [-0.3, -0.25) is 14.9 Å². The van der Waals surface area contributed by atoms with Gasteiger partial charge in [-0.2, -0.15) is 5.10 Å². The molecule has 1 atom stereocenters. The van der Waals surface area contributed by atoms with Gasteiger partial charge in [0.25, 0.3) is 0 Å². The van der Waals surface area contributed by atoms with Gasteiger partial charge in [0.15, 0.2) is 0 Å². The zero-order valence-electron chi connectivity index (χ0n) is 16.7. The summed E-state index contributed by atoms with van der Waals surface area (Å²) in [6.45, 7) is 6.30. The summed E-state index contributed by atoms with van der Waals surface area (Å²) in [5, 5.41) is 6.85. The van der Waals surface area contributed by atoms with Crippen molar-refractivity contribution < 1.29 is 9.53 Å². The maximum Gasteiger partial charge on any atom is 0.356 e. The number of methoxy groups -OCH3 is 1. The van der Waals surface area contributed by atoms with Crippen LogP contribution >= 0.6 is 0 Å². The fraction of sp³-hybridized carbons (Fsp3) is 0.545. The molecular formula is C22H30N4O2. The van der Waals surface area contributed by atoms with Crippen LogP contribution in [0.15, 0.2) is 36.5 Å². The van der Waals surface area contributed by atoms with Gasteiger partial charge in [0.05, 0.1) is 13.3 Å². The SMILES string of the molecule is COC(=O)c1[nH]ncc1CN1CCC[C@]2(CCCN(Cc3ccccc3)C2)C1. The fourth-order valence-corrected chi connectivity index (χ4v) is 5.02. The third kappa shape index (κ3) is 4.28. The lowest BCUT2D eigenvalue weighted by Crippen LogP contribution is -2.51. The lowest BCUT2D eigenvalue weighted by Gasteiger charge is -2.48. The van der Waals surface area contributed by atoms with Crippen molar-refractivity contribution in [2.45, 2.75) is 38.8 Å².